The molecule has 0 saturated carbocycles. The molecule has 0 saturated heterocycles. The van der Waals surface area contributed by atoms with Crippen LogP contribution in [0.1, 0.15) is 5.56 Å². The van der Waals surface area contributed by atoms with Crippen LogP contribution in [0.5, 0.6) is 11.5 Å². The molecule has 21 heavy (non-hydrogen) atoms. The number of benzene rings is 2. The van der Waals surface area contributed by atoms with Gasteiger partial charge in [0.05, 0.1) is 25.5 Å². The quantitative estimate of drug-likeness (QED) is 0.526. The molecule has 0 heterocycles. The standard InChI is InChI=1S/C13H5Br2FN2O3/c14-11-4-9(18(19)20)5-12(15)13(11)21-10-2-7(6-17)1-8(16)3-10/h1-5H. The number of nitro benzene ring substituents is 1. The van der Waals surface area contributed by atoms with Crippen LogP contribution in [-0.2, 0) is 0 Å². The van der Waals surface area contributed by atoms with Crippen molar-refractivity contribution in [1.29, 1.82) is 5.26 Å². The van der Waals surface area contributed by atoms with Crippen LogP contribution in [0.15, 0.2) is 39.3 Å². The van der Waals surface area contributed by atoms with Crippen LogP contribution in [-0.4, -0.2) is 4.92 Å². The van der Waals surface area contributed by atoms with Gasteiger partial charge in [-0.1, -0.05) is 0 Å². The summed E-state index contributed by atoms with van der Waals surface area (Å²) in [6.07, 6.45) is 0. The molecule has 8 heteroatoms. The number of nitro groups is 1. The molecule has 2 aromatic carbocycles. The Hall–Kier alpha value is -1.98. The number of non-ortho nitro benzene ring substituents is 1. The zero-order chi connectivity index (χ0) is 15.6. The van der Waals surface area contributed by atoms with Gasteiger partial charge >= 0.3 is 0 Å². The monoisotopic (exact) mass is 414 g/mol. The Balaban J connectivity index is 2.43. The lowest BCUT2D eigenvalue weighted by atomic mass is 10.2. The highest BCUT2D eigenvalue weighted by Crippen LogP contribution is 2.40. The molecule has 0 radical (unpaired) electrons. The van der Waals surface area contributed by atoms with Crippen LogP contribution in [0.4, 0.5) is 10.1 Å². The first-order chi connectivity index (χ1) is 9.90. The molecule has 0 spiro atoms. The molecule has 0 aromatic heterocycles. The highest BCUT2D eigenvalue weighted by atomic mass is 79.9. The van der Waals surface area contributed by atoms with E-state index in [0.717, 1.165) is 12.1 Å². The van der Waals surface area contributed by atoms with E-state index >= 15 is 0 Å². The average molecular weight is 416 g/mol. The molecular formula is C13H5Br2FN2O3. The van der Waals surface area contributed by atoms with Gasteiger partial charge in [0.1, 0.15) is 11.6 Å². The molecule has 0 amide bonds. The maximum atomic E-state index is 13.3. The van der Waals surface area contributed by atoms with Crippen molar-refractivity contribution in [1.82, 2.24) is 0 Å². The Morgan fingerprint density at radius 2 is 1.81 bits per heavy atom. The summed E-state index contributed by atoms with van der Waals surface area (Å²) in [4.78, 5) is 10.2. The SMILES string of the molecule is N#Cc1cc(F)cc(Oc2c(Br)cc([N+](=O)[O-])cc2Br)c1. The first kappa shape index (κ1) is 15.4. The van der Waals surface area contributed by atoms with E-state index in [4.69, 9.17) is 10.00 Å². The Bertz CT molecular complexity index is 751. The molecule has 0 aliphatic rings. The highest BCUT2D eigenvalue weighted by molar-refractivity contribution is 9.11. The van der Waals surface area contributed by atoms with Crippen molar-refractivity contribution in [3.63, 3.8) is 0 Å². The van der Waals surface area contributed by atoms with Crippen LogP contribution in [0.3, 0.4) is 0 Å². The number of halogens is 3. The van der Waals surface area contributed by atoms with Gasteiger partial charge in [-0.25, -0.2) is 4.39 Å². The summed E-state index contributed by atoms with van der Waals surface area (Å²) in [6.45, 7) is 0. The predicted molar refractivity (Wildman–Crippen MR) is 79.7 cm³/mol. The number of ether oxygens (including phenoxy) is 1. The second-order valence-electron chi connectivity index (χ2n) is 3.89. The number of nitrogens with zero attached hydrogens (tertiary/aromatic N) is 2. The van der Waals surface area contributed by atoms with Gasteiger partial charge in [-0.15, -0.1) is 0 Å². The third kappa shape index (κ3) is 3.56. The zero-order valence-electron chi connectivity index (χ0n) is 10.1. The van der Waals surface area contributed by atoms with Crippen LogP contribution in [0, 0.1) is 27.3 Å². The lowest BCUT2D eigenvalue weighted by Crippen LogP contribution is -1.93. The van der Waals surface area contributed by atoms with Gasteiger partial charge in [-0.2, -0.15) is 5.26 Å². The normalized spacial score (nSPS) is 10.0. The molecule has 0 fully saturated rings. The Labute approximate surface area is 135 Å². The van der Waals surface area contributed by atoms with Gasteiger partial charge in [-0.3, -0.25) is 10.1 Å². The van der Waals surface area contributed by atoms with Crippen molar-refractivity contribution in [2.24, 2.45) is 0 Å². The first-order valence-corrected chi connectivity index (χ1v) is 7.01. The molecule has 0 atom stereocenters. The Kier molecular flexibility index (Phi) is 4.55. The van der Waals surface area contributed by atoms with E-state index in [0.29, 0.717) is 8.95 Å². The maximum Gasteiger partial charge on any atom is 0.271 e. The van der Waals surface area contributed by atoms with E-state index in [9.17, 15) is 14.5 Å². The molecule has 5 nitrogen and oxygen atoms in total. The summed E-state index contributed by atoms with van der Waals surface area (Å²) in [5.74, 6) is -0.255. The summed E-state index contributed by atoms with van der Waals surface area (Å²) in [6, 6.07) is 7.90. The van der Waals surface area contributed by atoms with E-state index < -0.39 is 10.7 Å². The minimum atomic E-state index is -0.613. The van der Waals surface area contributed by atoms with E-state index in [1.54, 1.807) is 0 Å². The van der Waals surface area contributed by atoms with Crippen molar-refractivity contribution in [3.05, 3.63) is 60.8 Å². The van der Waals surface area contributed by atoms with Crippen LogP contribution in [0.25, 0.3) is 0 Å². The van der Waals surface area contributed by atoms with Crippen molar-refractivity contribution >= 4 is 37.5 Å². The highest BCUT2D eigenvalue weighted by Gasteiger charge is 2.16. The van der Waals surface area contributed by atoms with Gasteiger partial charge in [0, 0.05) is 18.2 Å². The molecule has 2 aromatic rings. The number of hydrogen-bond donors (Lipinski definition) is 0. The van der Waals surface area contributed by atoms with Crippen LogP contribution in [0.2, 0.25) is 0 Å². The smallest absolute Gasteiger partial charge is 0.271 e. The molecule has 0 bridgehead atoms. The molecule has 106 valence electrons. The number of rotatable bonds is 3. The number of nitriles is 1. The van der Waals surface area contributed by atoms with Crippen LogP contribution >= 0.6 is 31.9 Å². The minimum Gasteiger partial charge on any atom is -0.455 e. The third-order valence-electron chi connectivity index (χ3n) is 2.41. The fourth-order valence-corrected chi connectivity index (χ4v) is 2.88. The predicted octanol–water partition coefficient (Wildman–Crippen LogP) is 4.92. The zero-order valence-corrected chi connectivity index (χ0v) is 13.3. The van der Waals surface area contributed by atoms with Crippen molar-refractivity contribution in [2.75, 3.05) is 0 Å². The van der Waals surface area contributed by atoms with E-state index in [2.05, 4.69) is 31.9 Å². The second kappa shape index (κ2) is 6.20. The maximum absolute atomic E-state index is 13.3. The van der Waals surface area contributed by atoms with Gasteiger partial charge in [0.2, 0.25) is 0 Å². The fourth-order valence-electron chi connectivity index (χ4n) is 1.55. The lowest BCUT2D eigenvalue weighted by molar-refractivity contribution is -0.385. The van der Waals surface area contributed by atoms with Gasteiger partial charge in [0.15, 0.2) is 5.75 Å². The second-order valence-corrected chi connectivity index (χ2v) is 5.59. The fraction of sp³-hybridized carbons (Fsp3) is 0. The third-order valence-corrected chi connectivity index (χ3v) is 3.59. The van der Waals surface area contributed by atoms with E-state index in [-0.39, 0.29) is 22.7 Å². The van der Waals surface area contributed by atoms with E-state index in [1.165, 1.54) is 18.2 Å². The van der Waals surface area contributed by atoms with Crippen LogP contribution < -0.4 is 4.74 Å². The van der Waals surface area contributed by atoms with Crippen molar-refractivity contribution in [3.8, 4) is 17.6 Å². The minimum absolute atomic E-state index is 0.110. The molecule has 0 N–H and O–H groups in total. The van der Waals surface area contributed by atoms with Gasteiger partial charge < -0.3 is 4.74 Å². The molecule has 0 unspecified atom stereocenters. The first-order valence-electron chi connectivity index (χ1n) is 5.42. The van der Waals surface area contributed by atoms with Crippen molar-refractivity contribution < 1.29 is 14.1 Å². The van der Waals surface area contributed by atoms with Gasteiger partial charge in [-0.05, 0) is 44.0 Å². The van der Waals surface area contributed by atoms with Gasteiger partial charge in [0.25, 0.3) is 5.69 Å². The summed E-state index contributed by atoms with van der Waals surface area (Å²) in [7, 11) is 0. The largest absolute Gasteiger partial charge is 0.455 e. The molecular weight excluding hydrogens is 411 g/mol. The molecule has 2 rings (SSSR count). The topological polar surface area (TPSA) is 76.2 Å². The molecule has 0 aliphatic heterocycles. The summed E-state index contributed by atoms with van der Waals surface area (Å²) in [5.41, 5.74) is -0.0165. The summed E-state index contributed by atoms with van der Waals surface area (Å²) < 4.78 is 19.5. The lowest BCUT2D eigenvalue weighted by Gasteiger charge is -2.10. The Morgan fingerprint density at radius 3 is 2.33 bits per heavy atom. The summed E-state index contributed by atoms with van der Waals surface area (Å²) in [5, 5.41) is 19.5. The number of hydrogen-bond acceptors (Lipinski definition) is 4. The van der Waals surface area contributed by atoms with E-state index in [1.807, 2.05) is 6.07 Å². The average Bonchev–Trinajstić information content (AvgIpc) is 2.41. The molecule has 0 aliphatic carbocycles. The summed E-state index contributed by atoms with van der Waals surface area (Å²) >= 11 is 6.32. The van der Waals surface area contributed by atoms with Crippen molar-refractivity contribution in [2.45, 2.75) is 0 Å². The Morgan fingerprint density at radius 1 is 1.19 bits per heavy atom.